The van der Waals surface area contributed by atoms with Gasteiger partial charge in [-0.25, -0.2) is 4.79 Å². The molecule has 15 N–H and O–H groups in total. The smallest absolute Gasteiger partial charge is 0.329 e. The molecule has 1 aromatic rings. The maximum absolute atomic E-state index is 15.1. The summed E-state index contributed by atoms with van der Waals surface area (Å²) in [5.74, 6) is -15.1. The maximum atomic E-state index is 15.1. The third-order valence-corrected chi connectivity index (χ3v) is 18.6. The Hall–Kier alpha value is -8.54. The summed E-state index contributed by atoms with van der Waals surface area (Å²) in [5.41, 5.74) is 6.34. The first-order valence-corrected chi connectivity index (χ1v) is 36.6. The summed E-state index contributed by atoms with van der Waals surface area (Å²) in [7, 11) is 0. The van der Waals surface area contributed by atoms with Gasteiger partial charge in [-0.1, -0.05) is 153 Å². The second kappa shape index (κ2) is 42.9. The molecule has 0 bridgehead atoms. The van der Waals surface area contributed by atoms with Gasteiger partial charge in [-0.3, -0.25) is 62.3 Å². The van der Waals surface area contributed by atoms with Crippen LogP contribution in [0.2, 0.25) is 0 Å². The minimum absolute atomic E-state index is 0.0321. The van der Waals surface area contributed by atoms with Crippen molar-refractivity contribution in [1.82, 2.24) is 68.7 Å². The molecule has 0 radical (unpaired) electrons. The lowest BCUT2D eigenvalue weighted by molar-refractivity contribution is -0.157. The first-order chi connectivity index (χ1) is 48.4. The molecule has 1 aromatic carbocycles. The summed E-state index contributed by atoms with van der Waals surface area (Å²) in [6.07, 6.45) is 0.250. The topological polar surface area (TPSA) is 442 Å². The predicted molar refractivity (Wildman–Crippen MR) is 386 cm³/mol. The van der Waals surface area contributed by atoms with Crippen LogP contribution in [0.3, 0.4) is 0 Å². The number of benzene rings is 1. The molecule has 0 saturated carbocycles. The third kappa shape index (κ3) is 26.9. The zero-order chi connectivity index (χ0) is 77.9. The van der Waals surface area contributed by atoms with E-state index in [0.717, 1.165) is 0 Å². The molecule has 0 unspecified atom stereocenters. The summed E-state index contributed by atoms with van der Waals surface area (Å²) in [5, 5.41) is 42.8. The molecule has 30 nitrogen and oxygen atoms in total. The van der Waals surface area contributed by atoms with Crippen molar-refractivity contribution in [3.05, 3.63) is 47.7 Å². The average molecular weight is 1450 g/mol. The van der Waals surface area contributed by atoms with E-state index in [1.165, 1.54) is 31.7 Å². The second-order valence-corrected chi connectivity index (χ2v) is 29.1. The Kier molecular flexibility index (Phi) is 36.9. The van der Waals surface area contributed by atoms with Crippen molar-refractivity contribution in [3.8, 4) is 0 Å². The fraction of sp³-hybridized carbons (Fsp3) is 0.699. The highest BCUT2D eigenvalue weighted by molar-refractivity contribution is 6.03. The lowest BCUT2D eigenvalue weighted by Gasteiger charge is -2.33. The van der Waals surface area contributed by atoms with Gasteiger partial charge in [0.1, 0.15) is 84.3 Å². The van der Waals surface area contributed by atoms with Crippen LogP contribution in [0, 0.1) is 41.4 Å². The number of aliphatic hydroxyl groups excluding tert-OH is 1. The molecule has 2 saturated heterocycles. The Morgan fingerprint density at radius 2 is 1.17 bits per heavy atom. The molecule has 16 atom stereocenters. The first-order valence-electron chi connectivity index (χ1n) is 36.6. The van der Waals surface area contributed by atoms with Gasteiger partial charge in [0.2, 0.25) is 70.9 Å². The molecule has 13 amide bonds. The largest absolute Gasteiger partial charge is 0.458 e. The Morgan fingerprint density at radius 1 is 0.631 bits per heavy atom. The zero-order valence-electron chi connectivity index (χ0n) is 63.7. The van der Waals surface area contributed by atoms with E-state index in [2.05, 4.69) is 63.8 Å². The number of carbonyl (C=O) groups excluding carboxylic acids is 14. The number of nitrogens with zero attached hydrogens (tertiary/aromatic N) is 1. The molecule has 0 aliphatic carbocycles. The van der Waals surface area contributed by atoms with E-state index in [0.29, 0.717) is 31.2 Å². The number of amides is 13. The summed E-state index contributed by atoms with van der Waals surface area (Å²) in [6, 6.07) is -7.48. The van der Waals surface area contributed by atoms with Crippen molar-refractivity contribution in [3.63, 3.8) is 0 Å². The van der Waals surface area contributed by atoms with Gasteiger partial charge in [0.05, 0.1) is 6.10 Å². The molecule has 103 heavy (non-hydrogen) atoms. The SMILES string of the molecule is C/C=C1\NC(=O)[C@H](Cc2ccccc2)NC(=O)[C@@H]([C@@H](C)CC)NC(=O)[C@@H]([C@@H](C)CC)NC(=O)[C@H](NC(=O)[C@@H](CC(C)C)NC(=O)[C@H](CCCN)NC(=O)[C@H]2CCCN2C(=O)[C@H](NC(=O)[C@@H](NC(=O)[C@@H](NC(=O)[C@H](NC(=O)CCC)[C@@H](C)O)C(C)C)C(C)C)C(C)C)[C@@H](C)OC(=O)[C@H](C(C)C)NC1=O. The number of hydrogen-bond donors (Lipinski definition) is 14. The van der Waals surface area contributed by atoms with Crippen LogP contribution in [-0.2, 0) is 78.3 Å². The van der Waals surface area contributed by atoms with Crippen LogP contribution < -0.4 is 69.5 Å². The Morgan fingerprint density at radius 3 is 1.66 bits per heavy atom. The number of ether oxygens (including phenoxy) is 1. The standard InChI is InChI=1S/C73H120N14O16/c1-19-28-52(89)79-59(44(17)88)70(99)81-53(38(7)8)66(95)80-54(39(9)10)67(96)82-55(40(11)12)72(101)87-34-27-32-51(87)65(94)76-48(31-26-33-74)62(91)77-49(35-37(5)6)64(93)86-60-45(18)103-73(102)56(41(13)14)83-61(90)47(22-4)75-63(92)50(36-46-29-24-23-25-30-46)78-68(97)57(42(15)20-2)84-69(98)58(43(16)21-3)85-71(60)100/h22-25,29-30,37-45,48-51,53-60,88H,19-21,26-28,31-36,74H2,1-18H3,(H,75,92)(H,76,94)(H,77,91)(H,78,97)(H,79,89)(H,80,95)(H,81,99)(H,82,96)(H,83,90)(H,84,98)(H,85,100)(H,86,93)/b47-22-/t42-,43-,44+,45+,48-,49+,50-,51+,53-,54-,55+,56-,57+,58+,59+,60+/m0/s1. The average Bonchev–Trinajstić information content (AvgIpc) is 1.78. The summed E-state index contributed by atoms with van der Waals surface area (Å²) in [6.45, 7) is 29.8. The monoisotopic (exact) mass is 1450 g/mol. The lowest BCUT2D eigenvalue weighted by Crippen LogP contribution is -2.63. The van der Waals surface area contributed by atoms with Gasteiger partial charge in [-0.2, -0.15) is 0 Å². The number of likely N-dealkylation sites (tertiary alicyclic amines) is 1. The van der Waals surface area contributed by atoms with E-state index in [9.17, 15) is 67.4 Å². The van der Waals surface area contributed by atoms with Crippen molar-refractivity contribution < 1.29 is 77.0 Å². The lowest BCUT2D eigenvalue weighted by atomic mass is 9.94. The normalized spacial score (nSPS) is 22.7. The highest BCUT2D eigenvalue weighted by Gasteiger charge is 2.44. The number of nitrogens with two attached hydrogens (primary N) is 1. The fourth-order valence-electron chi connectivity index (χ4n) is 11.9. The van der Waals surface area contributed by atoms with Gasteiger partial charge in [-0.15, -0.1) is 0 Å². The predicted octanol–water partition coefficient (Wildman–Crippen LogP) is 1.20. The third-order valence-electron chi connectivity index (χ3n) is 18.6. The Balaban J connectivity index is 2.03. The molecular formula is C73H120N14O16. The number of esters is 1. The van der Waals surface area contributed by atoms with Crippen LogP contribution in [0.1, 0.15) is 188 Å². The van der Waals surface area contributed by atoms with Crippen molar-refractivity contribution in [2.45, 2.75) is 274 Å². The molecular weight excluding hydrogens is 1330 g/mol. The molecule has 2 aliphatic heterocycles. The molecule has 2 aliphatic rings. The van der Waals surface area contributed by atoms with Crippen molar-refractivity contribution >= 4 is 82.8 Å². The van der Waals surface area contributed by atoms with E-state index >= 15 is 4.79 Å². The molecule has 578 valence electrons. The molecule has 0 aromatic heterocycles. The second-order valence-electron chi connectivity index (χ2n) is 29.1. The fourth-order valence-corrected chi connectivity index (χ4v) is 11.9. The van der Waals surface area contributed by atoms with Gasteiger partial charge in [0, 0.05) is 19.4 Å². The number of cyclic esters (lactones) is 1. The van der Waals surface area contributed by atoms with E-state index in [1.54, 1.807) is 134 Å². The molecule has 0 spiro atoms. The number of hydrogen-bond acceptors (Lipinski definition) is 17. The molecule has 30 heteroatoms. The van der Waals surface area contributed by atoms with E-state index < -0.39 is 203 Å². The summed E-state index contributed by atoms with van der Waals surface area (Å²) in [4.78, 5) is 202. The molecule has 2 heterocycles. The minimum atomic E-state index is -1.82. The Bertz CT molecular complexity index is 3110. The summed E-state index contributed by atoms with van der Waals surface area (Å²) < 4.78 is 5.97. The summed E-state index contributed by atoms with van der Waals surface area (Å²) >= 11 is 0. The first kappa shape index (κ1) is 88.7. The van der Waals surface area contributed by atoms with E-state index in [4.69, 9.17) is 10.5 Å². The van der Waals surface area contributed by atoms with Crippen molar-refractivity contribution in [2.24, 2.45) is 47.2 Å². The number of aliphatic hydroxyl groups is 1. The van der Waals surface area contributed by atoms with Gasteiger partial charge in [0.15, 0.2) is 0 Å². The van der Waals surface area contributed by atoms with Crippen LogP contribution in [-0.4, -0.2) is 191 Å². The van der Waals surface area contributed by atoms with Crippen LogP contribution in [0.25, 0.3) is 0 Å². The highest BCUT2D eigenvalue weighted by atomic mass is 16.5. The number of rotatable bonds is 32. The molecule has 2 fully saturated rings. The van der Waals surface area contributed by atoms with Crippen LogP contribution in [0.5, 0.6) is 0 Å². The van der Waals surface area contributed by atoms with Gasteiger partial charge < -0.3 is 84.3 Å². The van der Waals surface area contributed by atoms with Crippen LogP contribution in [0.4, 0.5) is 0 Å². The maximum Gasteiger partial charge on any atom is 0.329 e. The number of carbonyl (C=O) groups is 14. The van der Waals surface area contributed by atoms with E-state index in [1.807, 2.05) is 0 Å². The van der Waals surface area contributed by atoms with Gasteiger partial charge in [-0.05, 0) is 113 Å². The van der Waals surface area contributed by atoms with E-state index in [-0.39, 0.29) is 63.2 Å². The minimum Gasteiger partial charge on any atom is -0.458 e. The number of nitrogens with one attached hydrogen (secondary N) is 12. The van der Waals surface area contributed by atoms with Crippen molar-refractivity contribution in [2.75, 3.05) is 13.1 Å². The zero-order valence-corrected chi connectivity index (χ0v) is 63.7. The van der Waals surface area contributed by atoms with Gasteiger partial charge in [0.25, 0.3) is 5.91 Å². The Labute approximate surface area is 607 Å². The number of allylic oxidation sites excluding steroid dienone is 1. The highest BCUT2D eigenvalue weighted by Crippen LogP contribution is 2.23. The van der Waals surface area contributed by atoms with Gasteiger partial charge >= 0.3 is 5.97 Å². The van der Waals surface area contributed by atoms with Crippen LogP contribution >= 0.6 is 0 Å². The van der Waals surface area contributed by atoms with Crippen molar-refractivity contribution in [1.29, 1.82) is 0 Å². The quantitative estimate of drug-likeness (QED) is 0.0356. The molecule has 3 rings (SSSR count). The van der Waals surface area contributed by atoms with Crippen LogP contribution in [0.15, 0.2) is 42.1 Å².